The van der Waals surface area contributed by atoms with E-state index in [0.717, 1.165) is 19.4 Å². The zero-order valence-electron chi connectivity index (χ0n) is 5.59. The van der Waals surface area contributed by atoms with E-state index in [2.05, 4.69) is 0 Å². The van der Waals surface area contributed by atoms with E-state index in [9.17, 15) is 9.90 Å². The Balaban J connectivity index is 2.46. The molecule has 0 saturated carbocycles. The van der Waals surface area contributed by atoms with Crippen molar-refractivity contribution in [3.05, 3.63) is 0 Å². The van der Waals surface area contributed by atoms with Crippen LogP contribution >= 0.6 is 22.6 Å². The van der Waals surface area contributed by atoms with Gasteiger partial charge in [0.25, 0.3) is 0 Å². The third kappa shape index (κ3) is 1.60. The van der Waals surface area contributed by atoms with Crippen molar-refractivity contribution in [2.45, 2.75) is 19.1 Å². The summed E-state index contributed by atoms with van der Waals surface area (Å²) in [6.45, 7) is 0.725. The largest absolute Gasteiger partial charge is 0.374 e. The maximum absolute atomic E-state index is 11.0. The Labute approximate surface area is 73.5 Å². The van der Waals surface area contributed by atoms with E-state index in [0.29, 0.717) is 4.43 Å². The highest BCUT2D eigenvalue weighted by Gasteiger charge is 2.25. The first kappa shape index (κ1) is 8.26. The van der Waals surface area contributed by atoms with Crippen molar-refractivity contribution in [2.24, 2.45) is 0 Å². The van der Waals surface area contributed by atoms with Crippen molar-refractivity contribution in [3.8, 4) is 0 Å². The Morgan fingerprint density at radius 1 is 1.80 bits per heavy atom. The molecule has 0 radical (unpaired) electrons. The Morgan fingerprint density at radius 3 is 2.90 bits per heavy atom. The van der Waals surface area contributed by atoms with Gasteiger partial charge in [0.1, 0.15) is 6.23 Å². The fourth-order valence-corrected chi connectivity index (χ4v) is 1.55. The number of carbonyl (C=O) groups excluding carboxylic acids is 1. The predicted molar refractivity (Wildman–Crippen MR) is 45.8 cm³/mol. The fraction of sp³-hybridized carbons (Fsp3) is 0.833. The monoisotopic (exact) mass is 255 g/mol. The van der Waals surface area contributed by atoms with Gasteiger partial charge in [-0.05, 0) is 12.8 Å². The fourth-order valence-electron chi connectivity index (χ4n) is 1.12. The average molecular weight is 255 g/mol. The Morgan fingerprint density at radius 2 is 2.50 bits per heavy atom. The summed E-state index contributed by atoms with van der Waals surface area (Å²) < 4.78 is 0.467. The molecule has 1 unspecified atom stereocenters. The summed E-state index contributed by atoms with van der Waals surface area (Å²) in [7, 11) is 0. The van der Waals surface area contributed by atoms with Gasteiger partial charge in [-0.3, -0.25) is 4.79 Å². The lowest BCUT2D eigenvalue weighted by atomic mass is 10.4. The zero-order chi connectivity index (χ0) is 7.56. The summed E-state index contributed by atoms with van der Waals surface area (Å²) in [6, 6.07) is 0. The number of likely N-dealkylation sites (tertiary alicyclic amines) is 1. The summed E-state index contributed by atoms with van der Waals surface area (Å²) in [5.74, 6) is 0.0469. The third-order valence-corrected chi connectivity index (χ3v) is 2.31. The van der Waals surface area contributed by atoms with Crippen molar-refractivity contribution in [3.63, 3.8) is 0 Å². The number of amides is 1. The lowest BCUT2D eigenvalue weighted by molar-refractivity contribution is -0.134. The quantitative estimate of drug-likeness (QED) is 0.543. The average Bonchev–Trinajstić information content (AvgIpc) is 2.34. The second-order valence-electron chi connectivity index (χ2n) is 2.34. The van der Waals surface area contributed by atoms with Crippen LogP contribution in [0.25, 0.3) is 0 Å². The molecule has 1 amide bonds. The molecular weight excluding hydrogens is 245 g/mol. The van der Waals surface area contributed by atoms with Gasteiger partial charge in [0.2, 0.25) is 5.91 Å². The second-order valence-corrected chi connectivity index (χ2v) is 3.11. The van der Waals surface area contributed by atoms with Crippen LogP contribution in [-0.4, -0.2) is 33.1 Å². The van der Waals surface area contributed by atoms with Gasteiger partial charge in [-0.1, -0.05) is 22.6 Å². The molecule has 1 fully saturated rings. The van der Waals surface area contributed by atoms with E-state index >= 15 is 0 Å². The number of halogens is 1. The molecule has 1 heterocycles. The molecule has 0 aliphatic carbocycles. The molecule has 0 aromatic heterocycles. The first-order valence-corrected chi connectivity index (χ1v) is 4.82. The lowest BCUT2D eigenvalue weighted by Gasteiger charge is -2.18. The molecule has 4 heteroatoms. The smallest absolute Gasteiger partial charge is 0.234 e. The van der Waals surface area contributed by atoms with Gasteiger partial charge in [0.05, 0.1) is 4.43 Å². The Hall–Kier alpha value is 0.160. The minimum absolute atomic E-state index is 0.0469. The minimum atomic E-state index is -0.512. The molecule has 0 aromatic rings. The SMILES string of the molecule is O=C(CI)N1CCCC1O. The van der Waals surface area contributed by atoms with E-state index in [1.807, 2.05) is 22.6 Å². The molecule has 0 bridgehead atoms. The molecule has 10 heavy (non-hydrogen) atoms. The molecule has 3 nitrogen and oxygen atoms in total. The number of aliphatic hydroxyl groups excluding tert-OH is 1. The zero-order valence-corrected chi connectivity index (χ0v) is 7.74. The number of hydrogen-bond donors (Lipinski definition) is 1. The summed E-state index contributed by atoms with van der Waals surface area (Å²) in [4.78, 5) is 12.5. The molecule has 0 aromatic carbocycles. The first-order chi connectivity index (χ1) is 4.75. The van der Waals surface area contributed by atoms with Crippen LogP contribution in [0, 0.1) is 0 Å². The molecule has 1 rings (SSSR count). The molecule has 1 N–H and O–H groups in total. The Kier molecular flexibility index (Phi) is 2.91. The minimum Gasteiger partial charge on any atom is -0.374 e. The van der Waals surface area contributed by atoms with E-state index < -0.39 is 6.23 Å². The molecule has 1 aliphatic rings. The predicted octanol–water partition coefficient (Wildman–Crippen LogP) is 0.362. The molecular formula is C6H10INO2. The number of aliphatic hydroxyl groups is 1. The van der Waals surface area contributed by atoms with Gasteiger partial charge in [-0.25, -0.2) is 0 Å². The number of alkyl halides is 1. The van der Waals surface area contributed by atoms with Crippen molar-refractivity contribution < 1.29 is 9.90 Å². The van der Waals surface area contributed by atoms with Crippen LogP contribution in [0.2, 0.25) is 0 Å². The van der Waals surface area contributed by atoms with Crippen LogP contribution in [-0.2, 0) is 4.79 Å². The standard InChI is InChI=1S/C6H10INO2/c7-4-6(10)8-3-1-2-5(8)9/h5,9H,1-4H2. The van der Waals surface area contributed by atoms with Crippen LogP contribution in [0.4, 0.5) is 0 Å². The van der Waals surface area contributed by atoms with Crippen molar-refractivity contribution in [1.82, 2.24) is 4.90 Å². The second kappa shape index (κ2) is 3.52. The summed E-state index contributed by atoms with van der Waals surface area (Å²) >= 11 is 2.01. The maximum Gasteiger partial charge on any atom is 0.234 e. The topological polar surface area (TPSA) is 40.5 Å². The molecule has 0 spiro atoms. The number of nitrogens with zero attached hydrogens (tertiary/aromatic N) is 1. The highest BCUT2D eigenvalue weighted by molar-refractivity contribution is 14.1. The van der Waals surface area contributed by atoms with Gasteiger partial charge in [-0.15, -0.1) is 0 Å². The van der Waals surface area contributed by atoms with Crippen LogP contribution < -0.4 is 0 Å². The third-order valence-electron chi connectivity index (χ3n) is 1.66. The normalized spacial score (nSPS) is 25.4. The van der Waals surface area contributed by atoms with Crippen molar-refractivity contribution in [2.75, 3.05) is 11.0 Å². The molecule has 1 saturated heterocycles. The highest BCUT2D eigenvalue weighted by atomic mass is 127. The Bertz CT molecular complexity index is 140. The number of hydrogen-bond acceptors (Lipinski definition) is 2. The van der Waals surface area contributed by atoms with Gasteiger partial charge < -0.3 is 10.0 Å². The summed E-state index contributed by atoms with van der Waals surface area (Å²) in [6.07, 6.45) is 1.16. The maximum atomic E-state index is 11.0. The molecule has 58 valence electrons. The van der Waals surface area contributed by atoms with Gasteiger partial charge >= 0.3 is 0 Å². The van der Waals surface area contributed by atoms with Gasteiger partial charge in [0.15, 0.2) is 0 Å². The summed E-state index contributed by atoms with van der Waals surface area (Å²) in [5.41, 5.74) is 0. The summed E-state index contributed by atoms with van der Waals surface area (Å²) in [5, 5.41) is 9.19. The van der Waals surface area contributed by atoms with E-state index in [1.165, 1.54) is 4.90 Å². The van der Waals surface area contributed by atoms with Crippen LogP contribution in [0.5, 0.6) is 0 Å². The van der Waals surface area contributed by atoms with Crippen molar-refractivity contribution >= 4 is 28.5 Å². The molecule has 1 aliphatic heterocycles. The van der Waals surface area contributed by atoms with E-state index in [1.54, 1.807) is 0 Å². The number of carbonyl (C=O) groups is 1. The van der Waals surface area contributed by atoms with E-state index in [4.69, 9.17) is 0 Å². The van der Waals surface area contributed by atoms with Crippen LogP contribution in [0.3, 0.4) is 0 Å². The number of rotatable bonds is 1. The van der Waals surface area contributed by atoms with Gasteiger partial charge in [-0.2, -0.15) is 0 Å². The van der Waals surface area contributed by atoms with Crippen molar-refractivity contribution in [1.29, 1.82) is 0 Å². The van der Waals surface area contributed by atoms with Gasteiger partial charge in [0, 0.05) is 6.54 Å². The van der Waals surface area contributed by atoms with E-state index in [-0.39, 0.29) is 5.91 Å². The molecule has 1 atom stereocenters. The highest BCUT2D eigenvalue weighted by Crippen LogP contribution is 2.14. The van der Waals surface area contributed by atoms with Crippen LogP contribution in [0.15, 0.2) is 0 Å². The first-order valence-electron chi connectivity index (χ1n) is 3.29. The van der Waals surface area contributed by atoms with Crippen LogP contribution in [0.1, 0.15) is 12.8 Å². The lowest BCUT2D eigenvalue weighted by Crippen LogP contribution is -2.35.